The lowest BCUT2D eigenvalue weighted by atomic mass is 9.91. The molecule has 5 heteroatoms. The third-order valence-corrected chi connectivity index (χ3v) is 7.45. The Labute approximate surface area is 206 Å². The van der Waals surface area contributed by atoms with Crippen molar-refractivity contribution in [1.29, 1.82) is 0 Å². The lowest BCUT2D eigenvalue weighted by Gasteiger charge is -2.40. The van der Waals surface area contributed by atoms with Crippen molar-refractivity contribution in [3.63, 3.8) is 0 Å². The summed E-state index contributed by atoms with van der Waals surface area (Å²) >= 11 is 0. The zero-order chi connectivity index (χ0) is 23.8. The molecular weight excluding hydrogens is 424 g/mol. The van der Waals surface area contributed by atoms with Gasteiger partial charge in [0.2, 0.25) is 0 Å². The van der Waals surface area contributed by atoms with Gasteiger partial charge in [-0.2, -0.15) is 0 Å². The number of aryl methyl sites for hydroxylation is 2. The van der Waals surface area contributed by atoms with E-state index in [1.807, 2.05) is 7.11 Å². The molecule has 0 aromatic heterocycles. The van der Waals surface area contributed by atoms with Gasteiger partial charge in [-0.05, 0) is 81.9 Å². The molecule has 0 amide bonds. The van der Waals surface area contributed by atoms with Crippen molar-refractivity contribution < 1.29 is 14.2 Å². The van der Waals surface area contributed by atoms with Crippen molar-refractivity contribution in [3.8, 4) is 11.5 Å². The summed E-state index contributed by atoms with van der Waals surface area (Å²) in [6.45, 7) is 12.0. The highest BCUT2D eigenvalue weighted by atomic mass is 16.5. The Bertz CT molecular complexity index is 902. The van der Waals surface area contributed by atoms with Crippen LogP contribution in [0.5, 0.6) is 11.5 Å². The molecule has 0 radical (unpaired) electrons. The lowest BCUT2D eigenvalue weighted by Crippen LogP contribution is -2.48. The first-order valence-corrected chi connectivity index (χ1v) is 13.0. The van der Waals surface area contributed by atoms with Gasteiger partial charge in [-0.15, -0.1) is 0 Å². The first kappa shape index (κ1) is 25.0. The van der Waals surface area contributed by atoms with Crippen LogP contribution in [0.25, 0.3) is 0 Å². The molecule has 2 aliphatic heterocycles. The third kappa shape index (κ3) is 6.97. The Morgan fingerprint density at radius 2 is 1.65 bits per heavy atom. The Morgan fingerprint density at radius 1 is 0.853 bits per heavy atom. The minimum Gasteiger partial charge on any atom is -0.492 e. The molecule has 0 aliphatic carbocycles. The summed E-state index contributed by atoms with van der Waals surface area (Å²) in [5.74, 6) is 1.95. The highest BCUT2D eigenvalue weighted by Crippen LogP contribution is 2.29. The van der Waals surface area contributed by atoms with E-state index in [0.29, 0.717) is 6.61 Å². The number of likely N-dealkylation sites (tertiary alicyclic amines) is 2. The second-order valence-corrected chi connectivity index (χ2v) is 10.1. The third-order valence-electron chi connectivity index (χ3n) is 7.45. The van der Waals surface area contributed by atoms with E-state index in [4.69, 9.17) is 14.2 Å². The van der Waals surface area contributed by atoms with E-state index in [1.165, 1.54) is 49.0 Å². The summed E-state index contributed by atoms with van der Waals surface area (Å²) < 4.78 is 18.3. The summed E-state index contributed by atoms with van der Waals surface area (Å²) in [6, 6.07) is 15.0. The second-order valence-electron chi connectivity index (χ2n) is 10.1. The molecule has 2 fully saturated rings. The van der Waals surface area contributed by atoms with E-state index >= 15 is 0 Å². The molecule has 2 aromatic carbocycles. The molecule has 2 saturated heterocycles. The lowest BCUT2D eigenvalue weighted by molar-refractivity contribution is -0.0840. The molecular formula is C29H42N2O3. The van der Waals surface area contributed by atoms with Crippen LogP contribution in [0.2, 0.25) is 0 Å². The number of nitrogens with zero attached hydrogens (tertiary/aromatic N) is 2. The van der Waals surface area contributed by atoms with Gasteiger partial charge in [-0.1, -0.05) is 36.2 Å². The number of methoxy groups -OCH3 is 1. The van der Waals surface area contributed by atoms with E-state index in [-0.39, 0.29) is 5.60 Å². The van der Waals surface area contributed by atoms with Gasteiger partial charge in [0.05, 0.1) is 0 Å². The number of piperidine rings is 2. The Hall–Kier alpha value is -2.08. The Kier molecular flexibility index (Phi) is 8.87. The Balaban J connectivity index is 1.23. The molecule has 0 bridgehead atoms. The molecule has 2 aromatic rings. The van der Waals surface area contributed by atoms with Crippen LogP contribution in [0.1, 0.15) is 48.8 Å². The smallest absolute Gasteiger partial charge is 0.122 e. The van der Waals surface area contributed by atoms with E-state index in [9.17, 15) is 0 Å². The average Bonchev–Trinajstić information content (AvgIpc) is 2.86. The van der Waals surface area contributed by atoms with Gasteiger partial charge in [-0.25, -0.2) is 0 Å². The van der Waals surface area contributed by atoms with Crippen molar-refractivity contribution >= 4 is 0 Å². The fourth-order valence-corrected chi connectivity index (χ4v) is 5.16. The molecule has 5 nitrogen and oxygen atoms in total. The summed E-state index contributed by atoms with van der Waals surface area (Å²) in [6.07, 6.45) is 5.97. The predicted molar refractivity (Wildman–Crippen MR) is 138 cm³/mol. The molecule has 0 spiro atoms. The van der Waals surface area contributed by atoms with Crippen molar-refractivity contribution in [3.05, 3.63) is 59.2 Å². The van der Waals surface area contributed by atoms with E-state index in [2.05, 4.69) is 66.1 Å². The largest absolute Gasteiger partial charge is 0.492 e. The highest BCUT2D eigenvalue weighted by molar-refractivity contribution is 5.35. The molecule has 2 aliphatic rings. The number of hydrogen-bond donors (Lipinski definition) is 0. The molecule has 0 atom stereocenters. The maximum atomic E-state index is 6.21. The summed E-state index contributed by atoms with van der Waals surface area (Å²) in [4.78, 5) is 5.04. The Morgan fingerprint density at radius 3 is 2.38 bits per heavy atom. The summed E-state index contributed by atoms with van der Waals surface area (Å²) in [5, 5.41) is 0. The van der Waals surface area contributed by atoms with Gasteiger partial charge in [0.15, 0.2) is 0 Å². The van der Waals surface area contributed by atoms with Gasteiger partial charge in [-0.3, -0.25) is 9.80 Å². The fourth-order valence-electron chi connectivity index (χ4n) is 5.16. The molecule has 0 N–H and O–H groups in total. The van der Waals surface area contributed by atoms with Crippen LogP contribution >= 0.6 is 0 Å². The van der Waals surface area contributed by atoms with Crippen LogP contribution in [-0.4, -0.2) is 68.4 Å². The monoisotopic (exact) mass is 466 g/mol. The minimum atomic E-state index is -0.215. The first-order chi connectivity index (χ1) is 16.5. The van der Waals surface area contributed by atoms with Crippen LogP contribution in [0.3, 0.4) is 0 Å². The SMILES string of the molecule is COC1(COc2ccc(C)cc2C)CCN(Cc2cccc(OCCN3CCCCC3)c2)CC1. The molecule has 34 heavy (non-hydrogen) atoms. The van der Waals surface area contributed by atoms with Crippen LogP contribution in [-0.2, 0) is 11.3 Å². The fraction of sp³-hybridized carbons (Fsp3) is 0.586. The van der Waals surface area contributed by atoms with Gasteiger partial charge in [0.1, 0.15) is 30.3 Å². The number of benzene rings is 2. The van der Waals surface area contributed by atoms with Crippen LogP contribution in [0.15, 0.2) is 42.5 Å². The molecule has 186 valence electrons. The quantitative estimate of drug-likeness (QED) is 0.479. The van der Waals surface area contributed by atoms with E-state index < -0.39 is 0 Å². The van der Waals surface area contributed by atoms with Gasteiger partial charge >= 0.3 is 0 Å². The zero-order valence-corrected chi connectivity index (χ0v) is 21.4. The highest BCUT2D eigenvalue weighted by Gasteiger charge is 2.35. The summed E-state index contributed by atoms with van der Waals surface area (Å²) in [5.41, 5.74) is 3.54. The summed E-state index contributed by atoms with van der Waals surface area (Å²) in [7, 11) is 1.83. The van der Waals surface area contributed by atoms with Gasteiger partial charge in [0, 0.05) is 33.3 Å². The van der Waals surface area contributed by atoms with Crippen molar-refractivity contribution in [2.24, 2.45) is 0 Å². The molecule has 4 rings (SSSR count). The van der Waals surface area contributed by atoms with E-state index in [0.717, 1.165) is 57.1 Å². The maximum absolute atomic E-state index is 6.21. The van der Waals surface area contributed by atoms with Gasteiger partial charge < -0.3 is 14.2 Å². The number of ether oxygens (including phenoxy) is 3. The normalized spacial score (nSPS) is 19.1. The standard InChI is InChI=1S/C29H42N2O3/c1-24-10-11-28(25(2)20-24)34-23-29(32-3)12-16-31(17-13-29)22-26-8-7-9-27(21-26)33-19-18-30-14-5-4-6-15-30/h7-11,20-21H,4-6,12-19,22-23H2,1-3H3. The zero-order valence-electron chi connectivity index (χ0n) is 21.4. The average molecular weight is 467 g/mol. The van der Waals surface area contributed by atoms with Crippen LogP contribution < -0.4 is 9.47 Å². The topological polar surface area (TPSA) is 34.2 Å². The minimum absolute atomic E-state index is 0.215. The molecule has 2 heterocycles. The van der Waals surface area contributed by atoms with Crippen LogP contribution in [0.4, 0.5) is 0 Å². The van der Waals surface area contributed by atoms with E-state index in [1.54, 1.807) is 0 Å². The van der Waals surface area contributed by atoms with Crippen molar-refractivity contribution in [2.45, 2.75) is 58.1 Å². The first-order valence-electron chi connectivity index (χ1n) is 13.0. The second kappa shape index (κ2) is 12.1. The number of rotatable bonds is 10. The van der Waals surface area contributed by atoms with Crippen molar-refractivity contribution in [2.75, 3.05) is 53.0 Å². The van der Waals surface area contributed by atoms with Crippen LogP contribution in [0, 0.1) is 13.8 Å². The number of hydrogen-bond acceptors (Lipinski definition) is 5. The molecule has 0 unspecified atom stereocenters. The predicted octanol–water partition coefficient (Wildman–Crippen LogP) is 5.23. The molecule has 0 saturated carbocycles. The van der Waals surface area contributed by atoms with Crippen molar-refractivity contribution in [1.82, 2.24) is 9.80 Å². The maximum Gasteiger partial charge on any atom is 0.122 e. The van der Waals surface area contributed by atoms with Gasteiger partial charge in [0.25, 0.3) is 0 Å².